The number of nitrogens with zero attached hydrogens (tertiary/aromatic N) is 2. The van der Waals surface area contributed by atoms with Crippen LogP contribution >= 0.6 is 11.6 Å². The number of ether oxygens (including phenoxy) is 1. The number of halogens is 1. The molecule has 0 atom stereocenters. The third kappa shape index (κ3) is 4.20. The van der Waals surface area contributed by atoms with E-state index in [1.807, 2.05) is 12.1 Å². The average Bonchev–Trinajstić information content (AvgIpc) is 2.61. The number of para-hydroxylation sites is 2. The molecule has 0 unspecified atom stereocenters. The van der Waals surface area contributed by atoms with Crippen LogP contribution in [0.5, 0.6) is 5.75 Å². The highest BCUT2D eigenvalue weighted by Crippen LogP contribution is 2.22. The van der Waals surface area contributed by atoms with Crippen LogP contribution in [0.4, 0.5) is 0 Å². The van der Waals surface area contributed by atoms with E-state index >= 15 is 0 Å². The van der Waals surface area contributed by atoms with Crippen molar-refractivity contribution in [1.29, 1.82) is 0 Å². The summed E-state index contributed by atoms with van der Waals surface area (Å²) < 4.78 is 5.28. The van der Waals surface area contributed by atoms with Gasteiger partial charge in [0, 0.05) is 11.1 Å². The molecular formula is C18H12ClN3O3. The minimum absolute atomic E-state index is 0.158. The third-order valence-corrected chi connectivity index (χ3v) is 3.55. The van der Waals surface area contributed by atoms with Crippen molar-refractivity contribution in [3.8, 4) is 5.75 Å². The van der Waals surface area contributed by atoms with Gasteiger partial charge in [0.25, 0.3) is 11.8 Å². The molecule has 6 nitrogen and oxygen atoms in total. The summed E-state index contributed by atoms with van der Waals surface area (Å²) in [4.78, 5) is 27.5. The molecule has 1 aliphatic rings. The number of rotatable bonds is 4. The van der Waals surface area contributed by atoms with Crippen LogP contribution in [-0.2, 0) is 9.59 Å². The molecule has 0 aliphatic carbocycles. The number of hydrazone groups is 1. The molecule has 0 spiro atoms. The molecule has 1 heterocycles. The Labute approximate surface area is 147 Å². The molecule has 0 fully saturated rings. The maximum Gasteiger partial charge on any atom is 0.287 e. The molecule has 7 heteroatoms. The molecule has 1 N–H and O–H groups in total. The van der Waals surface area contributed by atoms with Gasteiger partial charge in [-0.2, -0.15) is 0 Å². The zero-order chi connectivity index (χ0) is 17.6. The van der Waals surface area contributed by atoms with Crippen LogP contribution in [0, 0.1) is 0 Å². The minimum Gasteiger partial charge on any atom is -0.482 e. The molecule has 0 radical (unpaired) electrons. The Hall–Kier alpha value is -3.21. The Morgan fingerprint density at radius 1 is 1.20 bits per heavy atom. The molecule has 25 heavy (non-hydrogen) atoms. The van der Waals surface area contributed by atoms with E-state index in [2.05, 4.69) is 21.4 Å². The van der Waals surface area contributed by atoms with Gasteiger partial charge in [-0.15, -0.1) is 5.10 Å². The fourth-order valence-electron chi connectivity index (χ4n) is 2.07. The van der Waals surface area contributed by atoms with Crippen molar-refractivity contribution in [2.75, 3.05) is 6.61 Å². The molecule has 0 bridgehead atoms. The lowest BCUT2D eigenvalue weighted by atomic mass is 10.1. The number of benzene rings is 2. The van der Waals surface area contributed by atoms with Gasteiger partial charge < -0.3 is 4.74 Å². The summed E-state index contributed by atoms with van der Waals surface area (Å²) in [5, 5.41) is 5.43. The third-order valence-electron chi connectivity index (χ3n) is 3.24. The summed E-state index contributed by atoms with van der Waals surface area (Å²) in [6, 6.07) is 14.0. The molecule has 2 aromatic carbocycles. The standard InChI is InChI=1S/C18H12ClN3O3/c19-14-6-2-4-8-16(14)25-11-17(23)22-20-10-13-9-12-5-1-3-7-15(12)21-18(13)24/h1-9H,11H2,(H,22,23). The van der Waals surface area contributed by atoms with Crippen LogP contribution < -0.4 is 20.7 Å². The van der Waals surface area contributed by atoms with Crippen LogP contribution in [-0.4, -0.2) is 24.3 Å². The van der Waals surface area contributed by atoms with Crippen molar-refractivity contribution in [2.45, 2.75) is 0 Å². The van der Waals surface area contributed by atoms with Crippen molar-refractivity contribution in [2.24, 2.45) is 10.1 Å². The van der Waals surface area contributed by atoms with E-state index in [4.69, 9.17) is 16.3 Å². The topological polar surface area (TPSA) is 80.1 Å². The van der Waals surface area contributed by atoms with E-state index in [0.29, 0.717) is 16.1 Å². The van der Waals surface area contributed by atoms with Crippen molar-refractivity contribution in [3.05, 3.63) is 69.7 Å². The quantitative estimate of drug-likeness (QED) is 0.505. The fourth-order valence-corrected chi connectivity index (χ4v) is 2.26. The minimum atomic E-state index is -0.506. The highest BCUT2D eigenvalue weighted by atomic mass is 35.5. The van der Waals surface area contributed by atoms with Gasteiger partial charge in [-0.25, -0.2) is 10.4 Å². The van der Waals surface area contributed by atoms with Crippen molar-refractivity contribution >= 4 is 35.4 Å². The fraction of sp³-hybridized carbons (Fsp3) is 0.0556. The molecule has 2 amide bonds. The van der Waals surface area contributed by atoms with Gasteiger partial charge >= 0.3 is 0 Å². The first-order valence-corrected chi connectivity index (χ1v) is 7.70. The van der Waals surface area contributed by atoms with Crippen LogP contribution in [0.15, 0.2) is 64.2 Å². The Morgan fingerprint density at radius 3 is 2.80 bits per heavy atom. The first-order valence-electron chi connectivity index (χ1n) is 7.32. The normalized spacial score (nSPS) is 12.2. The number of hydrogen-bond acceptors (Lipinski definition) is 4. The second kappa shape index (κ2) is 7.57. The Bertz CT molecular complexity index is 1020. The molecule has 124 valence electrons. The SMILES string of the molecule is O=C(COc1ccccc1Cl)NN=C=C1C=c2ccccc2=NC1=O. The zero-order valence-electron chi connectivity index (χ0n) is 12.9. The van der Waals surface area contributed by atoms with E-state index in [-0.39, 0.29) is 12.2 Å². The lowest BCUT2D eigenvalue weighted by Crippen LogP contribution is -2.30. The Morgan fingerprint density at radius 2 is 1.96 bits per heavy atom. The van der Waals surface area contributed by atoms with Gasteiger partial charge in [0.1, 0.15) is 11.3 Å². The van der Waals surface area contributed by atoms with Gasteiger partial charge in [-0.1, -0.05) is 41.9 Å². The number of hydrogen-bond donors (Lipinski definition) is 1. The number of nitrogens with one attached hydrogen (secondary N) is 1. The van der Waals surface area contributed by atoms with Crippen LogP contribution in [0.3, 0.4) is 0 Å². The highest BCUT2D eigenvalue weighted by molar-refractivity contribution is 6.32. The van der Waals surface area contributed by atoms with E-state index < -0.39 is 11.8 Å². The summed E-state index contributed by atoms with van der Waals surface area (Å²) in [6.07, 6.45) is 1.61. The zero-order valence-corrected chi connectivity index (χ0v) is 13.7. The maximum absolute atomic E-state index is 11.9. The second-order valence-corrected chi connectivity index (χ2v) is 5.42. The number of fused-ring (bicyclic) bond motifs is 1. The Balaban J connectivity index is 1.65. The number of amides is 2. The molecule has 0 aromatic heterocycles. The lowest BCUT2D eigenvalue weighted by Gasteiger charge is -2.05. The van der Waals surface area contributed by atoms with Crippen molar-refractivity contribution < 1.29 is 14.3 Å². The van der Waals surface area contributed by atoms with Crippen LogP contribution in [0.2, 0.25) is 5.02 Å². The number of carbonyl (C=O) groups is 2. The first-order chi connectivity index (χ1) is 12.1. The smallest absolute Gasteiger partial charge is 0.287 e. The molecule has 2 aromatic rings. The predicted molar refractivity (Wildman–Crippen MR) is 92.7 cm³/mol. The van der Waals surface area contributed by atoms with Gasteiger partial charge in [-0.3, -0.25) is 9.59 Å². The highest BCUT2D eigenvalue weighted by Gasteiger charge is 2.10. The van der Waals surface area contributed by atoms with E-state index in [1.54, 1.807) is 42.5 Å². The molecule has 0 saturated heterocycles. The maximum atomic E-state index is 11.9. The summed E-state index contributed by atoms with van der Waals surface area (Å²) in [7, 11) is 0. The van der Waals surface area contributed by atoms with Crippen molar-refractivity contribution in [1.82, 2.24) is 5.43 Å². The van der Waals surface area contributed by atoms with Crippen LogP contribution in [0.1, 0.15) is 0 Å². The monoisotopic (exact) mass is 353 g/mol. The molecule has 1 aliphatic heterocycles. The largest absolute Gasteiger partial charge is 0.482 e. The predicted octanol–water partition coefficient (Wildman–Crippen LogP) is 0.987. The van der Waals surface area contributed by atoms with Crippen molar-refractivity contribution in [3.63, 3.8) is 0 Å². The first kappa shape index (κ1) is 16.6. The Kier molecular flexibility index (Phi) is 5.04. The number of carbonyl (C=O) groups excluding carboxylic acids is 2. The van der Waals surface area contributed by atoms with Gasteiger partial charge in [-0.05, 0) is 24.3 Å². The molecule has 0 saturated carbocycles. The molecule has 3 rings (SSSR count). The summed E-state index contributed by atoms with van der Waals surface area (Å²) in [5.41, 5.74) is 2.39. The lowest BCUT2D eigenvalue weighted by molar-refractivity contribution is -0.123. The average molecular weight is 354 g/mol. The van der Waals surface area contributed by atoms with Gasteiger partial charge in [0.2, 0.25) is 0 Å². The van der Waals surface area contributed by atoms with Crippen LogP contribution in [0.25, 0.3) is 6.08 Å². The summed E-state index contributed by atoms with van der Waals surface area (Å²) in [6.45, 7) is -0.269. The van der Waals surface area contributed by atoms with Gasteiger partial charge in [0.15, 0.2) is 6.61 Å². The van der Waals surface area contributed by atoms with E-state index in [1.165, 1.54) is 0 Å². The molecular weight excluding hydrogens is 342 g/mol. The summed E-state index contributed by atoms with van der Waals surface area (Å²) >= 11 is 5.92. The van der Waals surface area contributed by atoms with E-state index in [0.717, 1.165) is 5.22 Å². The summed E-state index contributed by atoms with van der Waals surface area (Å²) in [5.74, 6) is 1.90. The second-order valence-electron chi connectivity index (χ2n) is 5.01. The van der Waals surface area contributed by atoms with E-state index in [9.17, 15) is 9.59 Å². The van der Waals surface area contributed by atoms with Gasteiger partial charge in [0.05, 0.1) is 10.4 Å².